The van der Waals surface area contributed by atoms with E-state index in [1.165, 1.54) is 11.1 Å². The molecule has 0 saturated heterocycles. The zero-order chi connectivity index (χ0) is 15.3. The van der Waals surface area contributed by atoms with Crippen LogP contribution in [0.15, 0.2) is 30.4 Å². The molecule has 1 aromatic rings. The first-order valence-electron chi connectivity index (χ1n) is 7.34. The molecule has 2 nitrogen and oxygen atoms in total. The van der Waals surface area contributed by atoms with Crippen LogP contribution in [0, 0.1) is 6.92 Å². The number of hydrogen-bond donors (Lipinski definition) is 1. The first-order valence-corrected chi connectivity index (χ1v) is 7.34. The molecule has 0 radical (unpaired) electrons. The fourth-order valence-corrected chi connectivity index (χ4v) is 1.86. The van der Waals surface area contributed by atoms with Crippen molar-refractivity contribution >= 4 is 0 Å². The zero-order valence-corrected chi connectivity index (χ0v) is 13.8. The predicted molar refractivity (Wildman–Crippen MR) is 87.7 cm³/mol. The maximum absolute atomic E-state index is 5.97. The standard InChI is InChI=1S/C18H29NO/c1-13(2)16-9-8-14(3)10-17(16)20-12-15(4)11-19-18(5,6)7/h8-10,13,19H,4,11-12H2,1-3,5-7H3. The van der Waals surface area contributed by atoms with E-state index < -0.39 is 0 Å². The fraction of sp³-hybridized carbons (Fsp3) is 0.556. The SMILES string of the molecule is C=C(CNC(C)(C)C)COc1cc(C)ccc1C(C)C. The van der Waals surface area contributed by atoms with Crippen molar-refractivity contribution in [2.24, 2.45) is 0 Å². The Bertz CT molecular complexity index is 455. The van der Waals surface area contributed by atoms with Crippen LogP contribution < -0.4 is 10.1 Å². The van der Waals surface area contributed by atoms with Gasteiger partial charge in [0.15, 0.2) is 0 Å². The number of nitrogens with one attached hydrogen (secondary N) is 1. The van der Waals surface area contributed by atoms with Crippen LogP contribution in [0.1, 0.15) is 51.7 Å². The normalized spacial score (nSPS) is 11.8. The van der Waals surface area contributed by atoms with Gasteiger partial charge in [0.1, 0.15) is 12.4 Å². The summed E-state index contributed by atoms with van der Waals surface area (Å²) in [5.41, 5.74) is 3.65. The van der Waals surface area contributed by atoms with Gasteiger partial charge in [-0.1, -0.05) is 32.6 Å². The molecule has 1 aromatic carbocycles. The van der Waals surface area contributed by atoms with E-state index in [1.807, 2.05) is 0 Å². The highest BCUT2D eigenvalue weighted by Crippen LogP contribution is 2.27. The van der Waals surface area contributed by atoms with Gasteiger partial charge in [0.05, 0.1) is 0 Å². The number of rotatable bonds is 6. The van der Waals surface area contributed by atoms with Crippen molar-refractivity contribution < 1.29 is 4.74 Å². The van der Waals surface area contributed by atoms with Crippen molar-refractivity contribution in [1.29, 1.82) is 0 Å². The third-order valence-corrected chi connectivity index (χ3v) is 3.09. The molecule has 112 valence electrons. The van der Waals surface area contributed by atoms with Gasteiger partial charge in [0.25, 0.3) is 0 Å². The summed E-state index contributed by atoms with van der Waals surface area (Å²) in [6.45, 7) is 18.3. The summed E-state index contributed by atoms with van der Waals surface area (Å²) in [5, 5.41) is 3.43. The van der Waals surface area contributed by atoms with E-state index in [9.17, 15) is 0 Å². The van der Waals surface area contributed by atoms with Gasteiger partial charge in [-0.2, -0.15) is 0 Å². The second kappa shape index (κ2) is 6.94. The zero-order valence-electron chi connectivity index (χ0n) is 13.8. The minimum atomic E-state index is 0.107. The van der Waals surface area contributed by atoms with Gasteiger partial charge in [0.2, 0.25) is 0 Å². The van der Waals surface area contributed by atoms with E-state index in [-0.39, 0.29) is 5.54 Å². The maximum atomic E-state index is 5.97. The van der Waals surface area contributed by atoms with Gasteiger partial charge in [-0.15, -0.1) is 0 Å². The number of ether oxygens (including phenoxy) is 1. The summed E-state index contributed by atoms with van der Waals surface area (Å²) in [6.07, 6.45) is 0. The smallest absolute Gasteiger partial charge is 0.123 e. The first-order chi connectivity index (χ1) is 9.19. The Hall–Kier alpha value is -1.28. The molecule has 0 aromatic heterocycles. The van der Waals surface area contributed by atoms with Gasteiger partial charge in [-0.25, -0.2) is 0 Å². The molecule has 2 heteroatoms. The topological polar surface area (TPSA) is 21.3 Å². The summed E-state index contributed by atoms with van der Waals surface area (Å²) in [7, 11) is 0. The minimum Gasteiger partial charge on any atom is -0.489 e. The molecule has 1 N–H and O–H groups in total. The van der Waals surface area contributed by atoms with Crippen LogP contribution in [0.25, 0.3) is 0 Å². The van der Waals surface area contributed by atoms with Crippen LogP contribution >= 0.6 is 0 Å². The Kier molecular flexibility index (Phi) is 5.82. The molecule has 0 bridgehead atoms. The maximum Gasteiger partial charge on any atom is 0.123 e. The molecule has 1 rings (SSSR count). The van der Waals surface area contributed by atoms with Crippen molar-refractivity contribution in [2.45, 2.75) is 53.0 Å². The Balaban J connectivity index is 2.61. The van der Waals surface area contributed by atoms with Gasteiger partial charge < -0.3 is 10.1 Å². The lowest BCUT2D eigenvalue weighted by Crippen LogP contribution is -2.37. The van der Waals surface area contributed by atoms with Crippen molar-refractivity contribution in [3.63, 3.8) is 0 Å². The van der Waals surface area contributed by atoms with E-state index in [4.69, 9.17) is 4.74 Å². The van der Waals surface area contributed by atoms with Crippen molar-refractivity contribution in [2.75, 3.05) is 13.2 Å². The molecule has 0 aliphatic heterocycles. The highest BCUT2D eigenvalue weighted by atomic mass is 16.5. The molecule has 0 amide bonds. The molecule has 0 atom stereocenters. The van der Waals surface area contributed by atoms with E-state index in [2.05, 4.69) is 71.6 Å². The second-order valence-corrected chi connectivity index (χ2v) is 6.84. The lowest BCUT2D eigenvalue weighted by atomic mass is 10.0. The Morgan fingerprint density at radius 3 is 2.50 bits per heavy atom. The Labute approximate surface area is 124 Å². The van der Waals surface area contributed by atoms with Gasteiger partial charge in [0, 0.05) is 12.1 Å². The quantitative estimate of drug-likeness (QED) is 0.775. The monoisotopic (exact) mass is 275 g/mol. The molecule has 0 saturated carbocycles. The fourth-order valence-electron chi connectivity index (χ4n) is 1.86. The summed E-state index contributed by atoms with van der Waals surface area (Å²) in [4.78, 5) is 0. The molecule has 0 heterocycles. The van der Waals surface area contributed by atoms with Crippen LogP contribution in [0.5, 0.6) is 5.75 Å². The molecule has 0 spiro atoms. The summed E-state index contributed by atoms with van der Waals surface area (Å²) in [5.74, 6) is 1.45. The molecule has 0 fully saturated rings. The molecule has 0 aliphatic carbocycles. The molecule has 20 heavy (non-hydrogen) atoms. The average Bonchev–Trinajstić information content (AvgIpc) is 2.32. The van der Waals surface area contributed by atoms with E-state index in [0.717, 1.165) is 17.9 Å². The number of benzene rings is 1. The van der Waals surface area contributed by atoms with Crippen molar-refractivity contribution in [1.82, 2.24) is 5.32 Å². The predicted octanol–water partition coefficient (Wildman–Crippen LogP) is 4.44. The van der Waals surface area contributed by atoms with E-state index >= 15 is 0 Å². The second-order valence-electron chi connectivity index (χ2n) is 6.84. The lowest BCUT2D eigenvalue weighted by molar-refractivity contribution is 0.337. The molecule has 0 aliphatic rings. The third-order valence-electron chi connectivity index (χ3n) is 3.09. The summed E-state index contributed by atoms with van der Waals surface area (Å²) < 4.78 is 5.97. The first kappa shape index (κ1) is 16.8. The number of aryl methyl sites for hydroxylation is 1. The molecular formula is C18H29NO. The Morgan fingerprint density at radius 2 is 1.95 bits per heavy atom. The van der Waals surface area contributed by atoms with Crippen LogP contribution in [0.3, 0.4) is 0 Å². The van der Waals surface area contributed by atoms with Crippen LogP contribution in [-0.2, 0) is 0 Å². The number of hydrogen-bond acceptors (Lipinski definition) is 2. The van der Waals surface area contributed by atoms with Gasteiger partial charge in [-0.3, -0.25) is 0 Å². The van der Waals surface area contributed by atoms with Crippen molar-refractivity contribution in [3.05, 3.63) is 41.5 Å². The van der Waals surface area contributed by atoms with Crippen LogP contribution in [0.4, 0.5) is 0 Å². The largest absolute Gasteiger partial charge is 0.489 e. The van der Waals surface area contributed by atoms with Gasteiger partial charge in [-0.05, 0) is 56.4 Å². The third kappa shape index (κ3) is 5.79. The highest BCUT2D eigenvalue weighted by molar-refractivity contribution is 5.39. The van der Waals surface area contributed by atoms with Crippen molar-refractivity contribution in [3.8, 4) is 5.75 Å². The average molecular weight is 275 g/mol. The van der Waals surface area contributed by atoms with Crippen LogP contribution in [0.2, 0.25) is 0 Å². The molecular weight excluding hydrogens is 246 g/mol. The summed E-state index contributed by atoms with van der Waals surface area (Å²) in [6, 6.07) is 6.41. The highest BCUT2D eigenvalue weighted by Gasteiger charge is 2.11. The minimum absolute atomic E-state index is 0.107. The van der Waals surface area contributed by atoms with E-state index in [0.29, 0.717) is 12.5 Å². The van der Waals surface area contributed by atoms with E-state index in [1.54, 1.807) is 0 Å². The Morgan fingerprint density at radius 1 is 1.30 bits per heavy atom. The van der Waals surface area contributed by atoms with Gasteiger partial charge >= 0.3 is 0 Å². The molecule has 0 unspecified atom stereocenters. The van der Waals surface area contributed by atoms with Crippen LogP contribution in [-0.4, -0.2) is 18.7 Å². The lowest BCUT2D eigenvalue weighted by Gasteiger charge is -2.22. The summed E-state index contributed by atoms with van der Waals surface area (Å²) >= 11 is 0.